The van der Waals surface area contributed by atoms with Gasteiger partial charge >= 0.3 is 0 Å². The fourth-order valence-corrected chi connectivity index (χ4v) is 3.20. The van der Waals surface area contributed by atoms with Crippen LogP contribution >= 0.6 is 0 Å². The van der Waals surface area contributed by atoms with Crippen LogP contribution in [0.4, 0.5) is 0 Å². The van der Waals surface area contributed by atoms with Crippen molar-refractivity contribution in [3.05, 3.63) is 23.7 Å². The summed E-state index contributed by atoms with van der Waals surface area (Å²) in [5.41, 5.74) is 1.67. The van der Waals surface area contributed by atoms with Gasteiger partial charge in [0.15, 0.2) is 0 Å². The van der Waals surface area contributed by atoms with Crippen LogP contribution in [-0.2, 0) is 13.1 Å². The largest absolute Gasteiger partial charge is 0.468 e. The summed E-state index contributed by atoms with van der Waals surface area (Å²) in [6.07, 6.45) is 6.97. The molecule has 120 valence electrons. The van der Waals surface area contributed by atoms with Crippen LogP contribution in [0.15, 0.2) is 16.7 Å². The van der Waals surface area contributed by atoms with Crippen molar-refractivity contribution >= 4 is 0 Å². The molecule has 21 heavy (non-hydrogen) atoms. The van der Waals surface area contributed by atoms with Crippen molar-refractivity contribution in [3.8, 4) is 0 Å². The maximum atomic E-state index is 5.70. The molecular weight excluding hydrogens is 262 g/mol. The molecule has 1 fully saturated rings. The van der Waals surface area contributed by atoms with Crippen molar-refractivity contribution in [2.45, 2.75) is 51.2 Å². The Balaban J connectivity index is 1.88. The van der Waals surface area contributed by atoms with Gasteiger partial charge in [-0.2, -0.15) is 0 Å². The monoisotopic (exact) mass is 293 g/mol. The van der Waals surface area contributed by atoms with Crippen molar-refractivity contribution in [1.29, 1.82) is 0 Å². The van der Waals surface area contributed by atoms with Crippen LogP contribution in [0.25, 0.3) is 0 Å². The molecule has 4 nitrogen and oxygen atoms in total. The molecule has 1 heterocycles. The first-order chi connectivity index (χ1) is 10.1. The number of hydrogen-bond acceptors (Lipinski definition) is 4. The molecule has 0 aliphatic heterocycles. The van der Waals surface area contributed by atoms with Crippen LogP contribution in [-0.4, -0.2) is 49.6 Å². The summed E-state index contributed by atoms with van der Waals surface area (Å²) in [5.74, 6) is 1.11. The fourth-order valence-electron chi connectivity index (χ4n) is 3.20. The van der Waals surface area contributed by atoms with Crippen molar-refractivity contribution in [1.82, 2.24) is 15.1 Å². The summed E-state index contributed by atoms with van der Waals surface area (Å²) in [6, 6.07) is 2.09. The lowest BCUT2D eigenvalue weighted by atomic mass is 9.75. The molecule has 4 heteroatoms. The SMILES string of the molecule is CCCNCc1ccoc1CN(C)CC1(N(C)C)CCC1. The van der Waals surface area contributed by atoms with E-state index in [0.29, 0.717) is 5.54 Å². The Hall–Kier alpha value is -0.840. The van der Waals surface area contributed by atoms with E-state index in [-0.39, 0.29) is 0 Å². The molecule has 0 unspecified atom stereocenters. The third kappa shape index (κ3) is 4.09. The normalized spacial score (nSPS) is 17.4. The van der Waals surface area contributed by atoms with Crippen molar-refractivity contribution < 1.29 is 4.42 Å². The maximum absolute atomic E-state index is 5.70. The third-order valence-electron chi connectivity index (χ3n) is 4.79. The first kappa shape index (κ1) is 16.5. The fraction of sp³-hybridized carbons (Fsp3) is 0.765. The molecule has 1 aliphatic carbocycles. The topological polar surface area (TPSA) is 31.7 Å². The highest BCUT2D eigenvalue weighted by molar-refractivity contribution is 5.17. The van der Waals surface area contributed by atoms with E-state index in [9.17, 15) is 0 Å². The van der Waals surface area contributed by atoms with E-state index in [1.54, 1.807) is 0 Å². The summed E-state index contributed by atoms with van der Waals surface area (Å²) in [7, 11) is 6.62. The molecule has 0 spiro atoms. The van der Waals surface area contributed by atoms with Gasteiger partial charge in [-0.15, -0.1) is 0 Å². The lowest BCUT2D eigenvalue weighted by Gasteiger charge is -2.49. The van der Waals surface area contributed by atoms with Crippen LogP contribution < -0.4 is 5.32 Å². The van der Waals surface area contributed by atoms with Crippen molar-refractivity contribution in [3.63, 3.8) is 0 Å². The van der Waals surface area contributed by atoms with Crippen LogP contribution in [0.2, 0.25) is 0 Å². The van der Waals surface area contributed by atoms with Gasteiger partial charge in [0.25, 0.3) is 0 Å². The Morgan fingerprint density at radius 3 is 2.62 bits per heavy atom. The van der Waals surface area contributed by atoms with Gasteiger partial charge in [-0.25, -0.2) is 0 Å². The zero-order chi connectivity index (χ0) is 15.3. The molecule has 1 aromatic heterocycles. The second-order valence-corrected chi connectivity index (χ2v) is 6.69. The molecule has 0 amide bonds. The summed E-state index contributed by atoms with van der Waals surface area (Å²) in [5, 5.41) is 3.45. The predicted octanol–water partition coefficient (Wildman–Crippen LogP) is 2.70. The van der Waals surface area contributed by atoms with Gasteiger partial charge < -0.3 is 14.6 Å². The molecule has 1 N–H and O–H groups in total. The second kappa shape index (κ2) is 7.43. The minimum absolute atomic E-state index is 0.377. The van der Waals surface area contributed by atoms with Crippen molar-refractivity contribution in [2.24, 2.45) is 0 Å². The van der Waals surface area contributed by atoms with E-state index < -0.39 is 0 Å². The molecule has 1 saturated carbocycles. The van der Waals surface area contributed by atoms with Gasteiger partial charge in [0.1, 0.15) is 5.76 Å². The van der Waals surface area contributed by atoms with Gasteiger partial charge in [-0.05, 0) is 59.4 Å². The quantitative estimate of drug-likeness (QED) is 0.709. The van der Waals surface area contributed by atoms with Gasteiger partial charge in [0.2, 0.25) is 0 Å². The Kier molecular flexibility index (Phi) is 5.85. The highest BCUT2D eigenvalue weighted by Crippen LogP contribution is 2.36. The molecule has 1 aromatic rings. The first-order valence-corrected chi connectivity index (χ1v) is 8.19. The average molecular weight is 293 g/mol. The van der Waals surface area contributed by atoms with Crippen LogP contribution in [0.5, 0.6) is 0 Å². The summed E-state index contributed by atoms with van der Waals surface area (Å²) in [6.45, 7) is 6.17. The summed E-state index contributed by atoms with van der Waals surface area (Å²) >= 11 is 0. The van der Waals surface area contributed by atoms with Crippen LogP contribution in [0, 0.1) is 0 Å². The number of rotatable bonds is 9. The highest BCUT2D eigenvalue weighted by atomic mass is 16.3. The Bertz CT molecular complexity index is 423. The second-order valence-electron chi connectivity index (χ2n) is 6.69. The van der Waals surface area contributed by atoms with Gasteiger partial charge in [-0.1, -0.05) is 6.92 Å². The summed E-state index contributed by atoms with van der Waals surface area (Å²) in [4.78, 5) is 4.81. The van der Waals surface area contributed by atoms with E-state index in [1.807, 2.05) is 6.26 Å². The van der Waals surface area contributed by atoms with E-state index in [0.717, 1.165) is 31.9 Å². The first-order valence-electron chi connectivity index (χ1n) is 8.19. The number of hydrogen-bond donors (Lipinski definition) is 1. The van der Waals surface area contributed by atoms with Crippen LogP contribution in [0.3, 0.4) is 0 Å². The third-order valence-corrected chi connectivity index (χ3v) is 4.79. The zero-order valence-corrected chi connectivity index (χ0v) is 14.1. The zero-order valence-electron chi connectivity index (χ0n) is 14.1. The maximum Gasteiger partial charge on any atom is 0.122 e. The van der Waals surface area contributed by atoms with Crippen molar-refractivity contribution in [2.75, 3.05) is 34.2 Å². The predicted molar refractivity (Wildman–Crippen MR) is 87.3 cm³/mol. The average Bonchev–Trinajstić information content (AvgIpc) is 2.81. The molecule has 0 bridgehead atoms. The molecule has 0 atom stereocenters. The summed E-state index contributed by atoms with van der Waals surface area (Å²) < 4.78 is 5.70. The van der Waals surface area contributed by atoms with Gasteiger partial charge in [-0.3, -0.25) is 4.90 Å². The lowest BCUT2D eigenvalue weighted by molar-refractivity contribution is 0.0243. The number of likely N-dealkylation sites (N-methyl/N-ethyl adjacent to an activating group) is 2. The van der Waals surface area contributed by atoms with E-state index in [4.69, 9.17) is 4.42 Å². The number of furan rings is 1. The standard InChI is InChI=1S/C17H31N3O/c1-5-10-18-12-15-7-11-21-16(15)13-20(4)14-17(19(2)3)8-6-9-17/h7,11,18H,5-6,8-10,12-14H2,1-4H3. The molecule has 0 radical (unpaired) electrons. The van der Waals surface area contributed by atoms with E-state index >= 15 is 0 Å². The molecule has 1 aliphatic rings. The Morgan fingerprint density at radius 2 is 2.05 bits per heavy atom. The van der Waals surface area contributed by atoms with Crippen LogP contribution in [0.1, 0.15) is 43.9 Å². The Morgan fingerprint density at radius 1 is 1.29 bits per heavy atom. The Labute approximate surface area is 129 Å². The minimum atomic E-state index is 0.377. The van der Waals surface area contributed by atoms with E-state index in [2.05, 4.69) is 49.2 Å². The number of nitrogens with zero attached hydrogens (tertiary/aromatic N) is 2. The minimum Gasteiger partial charge on any atom is -0.468 e. The van der Waals surface area contributed by atoms with E-state index in [1.165, 1.54) is 31.2 Å². The lowest BCUT2D eigenvalue weighted by Crippen LogP contribution is -2.56. The van der Waals surface area contributed by atoms with Gasteiger partial charge in [0, 0.05) is 24.2 Å². The molecule has 0 saturated heterocycles. The molecular formula is C17H31N3O. The smallest absolute Gasteiger partial charge is 0.122 e. The molecule has 0 aromatic carbocycles. The molecule has 2 rings (SSSR count). The number of nitrogens with one attached hydrogen (secondary N) is 1. The highest BCUT2D eigenvalue weighted by Gasteiger charge is 2.39. The van der Waals surface area contributed by atoms with Gasteiger partial charge in [0.05, 0.1) is 12.8 Å².